The van der Waals surface area contributed by atoms with E-state index >= 15 is 0 Å². The van der Waals surface area contributed by atoms with Crippen molar-refractivity contribution in [1.82, 2.24) is 5.32 Å². The molecule has 0 spiro atoms. The number of esters is 1. The SMILES string of the molecule is CC(C)C(OC(=O)Oc1ccc(S(C)(=O)=O)cc1)OC(=O)[C@@H](NC(=O)OCc1ccccc1)C(C)C. The van der Waals surface area contributed by atoms with Gasteiger partial charge in [0.1, 0.15) is 18.4 Å². The second-order valence-electron chi connectivity index (χ2n) is 8.69. The van der Waals surface area contributed by atoms with Crippen LogP contribution in [-0.4, -0.2) is 45.2 Å². The molecule has 1 unspecified atom stereocenters. The average molecular weight is 522 g/mol. The van der Waals surface area contributed by atoms with Crippen molar-refractivity contribution in [3.63, 3.8) is 0 Å². The molecule has 2 aromatic rings. The van der Waals surface area contributed by atoms with Crippen molar-refractivity contribution in [1.29, 1.82) is 0 Å². The van der Waals surface area contributed by atoms with E-state index in [-0.39, 0.29) is 23.2 Å². The topological polar surface area (TPSA) is 134 Å². The van der Waals surface area contributed by atoms with Gasteiger partial charge in [-0.05, 0) is 35.7 Å². The normalized spacial score (nSPS) is 13.0. The summed E-state index contributed by atoms with van der Waals surface area (Å²) in [6.45, 7) is 6.78. The summed E-state index contributed by atoms with van der Waals surface area (Å²) in [6.07, 6.45) is -2.19. The maximum atomic E-state index is 12.8. The zero-order chi connectivity index (χ0) is 26.9. The molecule has 36 heavy (non-hydrogen) atoms. The van der Waals surface area contributed by atoms with Crippen molar-refractivity contribution in [2.24, 2.45) is 11.8 Å². The number of hydrogen-bond donors (Lipinski definition) is 1. The largest absolute Gasteiger partial charge is 0.516 e. The second-order valence-corrected chi connectivity index (χ2v) is 10.7. The summed E-state index contributed by atoms with van der Waals surface area (Å²) in [7, 11) is -3.40. The number of benzene rings is 2. The Balaban J connectivity index is 1.96. The summed E-state index contributed by atoms with van der Waals surface area (Å²) >= 11 is 0. The van der Waals surface area contributed by atoms with E-state index < -0.39 is 46.3 Å². The molecular formula is C25H31NO9S. The highest BCUT2D eigenvalue weighted by molar-refractivity contribution is 7.90. The van der Waals surface area contributed by atoms with Crippen molar-refractivity contribution >= 4 is 28.1 Å². The Morgan fingerprint density at radius 1 is 0.861 bits per heavy atom. The van der Waals surface area contributed by atoms with Crippen LogP contribution in [0.15, 0.2) is 59.5 Å². The van der Waals surface area contributed by atoms with Gasteiger partial charge in [-0.1, -0.05) is 58.0 Å². The van der Waals surface area contributed by atoms with Gasteiger partial charge >= 0.3 is 18.2 Å². The molecule has 0 aliphatic carbocycles. The number of rotatable bonds is 10. The number of hydrogen-bond acceptors (Lipinski definition) is 9. The molecule has 1 amide bonds. The fourth-order valence-corrected chi connectivity index (χ4v) is 3.47. The van der Waals surface area contributed by atoms with Crippen molar-refractivity contribution < 1.29 is 41.7 Å². The predicted molar refractivity (Wildman–Crippen MR) is 130 cm³/mol. The van der Waals surface area contributed by atoms with Gasteiger partial charge in [0.15, 0.2) is 9.84 Å². The summed E-state index contributed by atoms with van der Waals surface area (Å²) in [5, 5.41) is 2.48. The lowest BCUT2D eigenvalue weighted by Crippen LogP contribution is -2.47. The molecule has 0 saturated heterocycles. The molecule has 1 N–H and O–H groups in total. The van der Waals surface area contributed by atoms with Crippen LogP contribution in [0.5, 0.6) is 5.75 Å². The second kappa shape index (κ2) is 12.9. The molecule has 0 aromatic heterocycles. The van der Waals surface area contributed by atoms with Gasteiger partial charge in [0.05, 0.1) is 4.90 Å². The third-order valence-corrected chi connectivity index (χ3v) is 5.98. The maximum absolute atomic E-state index is 12.8. The number of carbonyl (C=O) groups excluding carboxylic acids is 3. The Bertz CT molecular complexity index is 1130. The van der Waals surface area contributed by atoms with E-state index in [0.29, 0.717) is 0 Å². The molecule has 0 heterocycles. The van der Waals surface area contributed by atoms with Crippen molar-refractivity contribution in [3.05, 3.63) is 60.2 Å². The van der Waals surface area contributed by atoms with Crippen LogP contribution in [0.2, 0.25) is 0 Å². The zero-order valence-electron chi connectivity index (χ0n) is 20.8. The minimum atomic E-state index is -3.40. The van der Waals surface area contributed by atoms with Crippen LogP contribution < -0.4 is 10.1 Å². The highest BCUT2D eigenvalue weighted by Crippen LogP contribution is 2.18. The van der Waals surface area contributed by atoms with E-state index in [1.165, 1.54) is 24.3 Å². The van der Waals surface area contributed by atoms with Crippen LogP contribution in [0, 0.1) is 11.8 Å². The Kier molecular flexibility index (Phi) is 10.3. The lowest BCUT2D eigenvalue weighted by Gasteiger charge is -2.25. The first-order valence-corrected chi connectivity index (χ1v) is 13.1. The van der Waals surface area contributed by atoms with Gasteiger partial charge in [-0.2, -0.15) is 0 Å². The van der Waals surface area contributed by atoms with Gasteiger partial charge in [-0.3, -0.25) is 0 Å². The summed E-state index contributed by atoms with van der Waals surface area (Å²) in [6, 6.07) is 13.2. The van der Waals surface area contributed by atoms with Crippen LogP contribution in [-0.2, 0) is 35.4 Å². The molecule has 2 atom stereocenters. The molecule has 0 aliphatic heterocycles. The highest BCUT2D eigenvalue weighted by atomic mass is 32.2. The van der Waals surface area contributed by atoms with Crippen LogP contribution >= 0.6 is 0 Å². The smallest absolute Gasteiger partial charge is 0.445 e. The van der Waals surface area contributed by atoms with Crippen LogP contribution in [0.3, 0.4) is 0 Å². The van der Waals surface area contributed by atoms with Gasteiger partial charge in [0, 0.05) is 12.2 Å². The number of nitrogens with one attached hydrogen (secondary N) is 1. The molecule has 0 aliphatic rings. The molecule has 2 rings (SSSR count). The minimum Gasteiger partial charge on any atom is -0.445 e. The lowest BCUT2D eigenvalue weighted by molar-refractivity contribution is -0.180. The summed E-state index contributed by atoms with van der Waals surface area (Å²) in [4.78, 5) is 37.3. The fourth-order valence-electron chi connectivity index (χ4n) is 2.84. The first-order valence-electron chi connectivity index (χ1n) is 11.2. The van der Waals surface area contributed by atoms with Crippen molar-refractivity contribution in [2.45, 2.75) is 51.5 Å². The molecule has 2 aromatic carbocycles. The average Bonchev–Trinajstić information content (AvgIpc) is 2.80. The standard InChI is InChI=1S/C25H31NO9S/c1-16(2)21(26-24(28)32-15-18-9-7-6-8-10-18)22(27)34-23(17(3)4)35-25(29)33-19-11-13-20(14-12-19)36(5,30)31/h6-14,16-17,21,23H,15H2,1-5H3,(H,26,28)/t21-,23?/m0/s1. The molecule has 0 radical (unpaired) electrons. The molecule has 10 nitrogen and oxygen atoms in total. The monoisotopic (exact) mass is 521 g/mol. The zero-order valence-corrected chi connectivity index (χ0v) is 21.6. The van der Waals surface area contributed by atoms with E-state index in [0.717, 1.165) is 11.8 Å². The van der Waals surface area contributed by atoms with Crippen molar-refractivity contribution in [2.75, 3.05) is 6.26 Å². The van der Waals surface area contributed by atoms with Gasteiger partial charge in [-0.15, -0.1) is 0 Å². The Labute approximate surface area is 210 Å². The predicted octanol–water partition coefficient (Wildman–Crippen LogP) is 4.08. The number of ether oxygens (including phenoxy) is 4. The van der Waals surface area contributed by atoms with E-state index in [9.17, 15) is 22.8 Å². The number of sulfone groups is 1. The van der Waals surface area contributed by atoms with Gasteiger partial charge < -0.3 is 24.3 Å². The first kappa shape index (κ1) is 28.6. The summed E-state index contributed by atoms with van der Waals surface area (Å²) in [5.74, 6) is -1.56. The molecule has 196 valence electrons. The van der Waals surface area contributed by atoms with E-state index in [4.69, 9.17) is 18.9 Å². The quantitative estimate of drug-likeness (QED) is 0.279. The van der Waals surface area contributed by atoms with Crippen LogP contribution in [0.4, 0.5) is 9.59 Å². The summed E-state index contributed by atoms with van der Waals surface area (Å²) < 4.78 is 43.8. The van der Waals surface area contributed by atoms with Crippen molar-refractivity contribution in [3.8, 4) is 5.75 Å². The maximum Gasteiger partial charge on any atom is 0.516 e. The molecular weight excluding hydrogens is 490 g/mol. The Morgan fingerprint density at radius 2 is 1.47 bits per heavy atom. The number of amides is 1. The first-order chi connectivity index (χ1) is 16.9. The highest BCUT2D eigenvalue weighted by Gasteiger charge is 2.31. The minimum absolute atomic E-state index is 0.0290. The molecule has 0 saturated carbocycles. The fraction of sp³-hybridized carbons (Fsp3) is 0.400. The molecule has 0 fully saturated rings. The lowest BCUT2D eigenvalue weighted by atomic mass is 10.1. The molecule has 11 heteroatoms. The Morgan fingerprint density at radius 3 is 2.00 bits per heavy atom. The van der Waals surface area contributed by atoms with E-state index in [1.54, 1.807) is 39.8 Å². The van der Waals surface area contributed by atoms with Crippen LogP contribution in [0.1, 0.15) is 33.3 Å². The van der Waals surface area contributed by atoms with E-state index in [1.807, 2.05) is 18.2 Å². The summed E-state index contributed by atoms with van der Waals surface area (Å²) in [5.41, 5.74) is 0.786. The van der Waals surface area contributed by atoms with Gasteiger partial charge in [0.25, 0.3) is 6.29 Å². The Hall–Kier alpha value is -3.60. The van der Waals surface area contributed by atoms with Crippen LogP contribution in [0.25, 0.3) is 0 Å². The van der Waals surface area contributed by atoms with Gasteiger partial charge in [-0.25, -0.2) is 22.8 Å². The third kappa shape index (κ3) is 9.21. The van der Waals surface area contributed by atoms with Gasteiger partial charge in [0.2, 0.25) is 0 Å². The number of carbonyl (C=O) groups is 3. The molecule has 0 bridgehead atoms. The van der Waals surface area contributed by atoms with E-state index in [2.05, 4.69) is 5.32 Å². The third-order valence-electron chi connectivity index (χ3n) is 4.85. The number of alkyl carbamates (subject to hydrolysis) is 1.